The minimum absolute atomic E-state index is 0.0974. The second-order valence-corrected chi connectivity index (χ2v) is 3.78. The van der Waals surface area contributed by atoms with Crippen molar-refractivity contribution >= 4 is 11.9 Å². The first-order chi connectivity index (χ1) is 7.02. The van der Waals surface area contributed by atoms with E-state index in [1.807, 2.05) is 13.8 Å². The van der Waals surface area contributed by atoms with E-state index in [-0.39, 0.29) is 23.8 Å². The molecule has 0 fully saturated rings. The van der Waals surface area contributed by atoms with Gasteiger partial charge in [0.1, 0.15) is 0 Å². The van der Waals surface area contributed by atoms with Gasteiger partial charge in [0.25, 0.3) is 0 Å². The van der Waals surface area contributed by atoms with Crippen LogP contribution in [0.3, 0.4) is 0 Å². The highest BCUT2D eigenvalue weighted by atomic mass is 16.5. The van der Waals surface area contributed by atoms with Crippen LogP contribution in [-0.4, -0.2) is 26.2 Å². The van der Waals surface area contributed by atoms with Crippen molar-refractivity contribution in [3.63, 3.8) is 0 Å². The van der Waals surface area contributed by atoms with E-state index in [9.17, 15) is 9.59 Å². The zero-order valence-electron chi connectivity index (χ0n) is 9.91. The second-order valence-electron chi connectivity index (χ2n) is 3.78. The Morgan fingerprint density at radius 2 is 1.27 bits per heavy atom. The lowest BCUT2D eigenvalue weighted by molar-refractivity contribution is -0.145. The van der Waals surface area contributed by atoms with Crippen molar-refractivity contribution in [3.8, 4) is 0 Å². The van der Waals surface area contributed by atoms with E-state index in [0.717, 1.165) is 19.3 Å². The highest BCUT2D eigenvalue weighted by Crippen LogP contribution is 2.14. The lowest BCUT2D eigenvalue weighted by Gasteiger charge is -2.11. The molecule has 0 bridgehead atoms. The lowest BCUT2D eigenvalue weighted by Crippen LogP contribution is -2.15. The third kappa shape index (κ3) is 5.40. The largest absolute Gasteiger partial charge is 0.469 e. The van der Waals surface area contributed by atoms with Crippen LogP contribution in [-0.2, 0) is 19.1 Å². The monoisotopic (exact) mass is 216 g/mol. The van der Waals surface area contributed by atoms with E-state index in [1.165, 1.54) is 14.2 Å². The van der Waals surface area contributed by atoms with E-state index in [1.54, 1.807) is 0 Å². The number of ether oxygens (including phenoxy) is 2. The van der Waals surface area contributed by atoms with Gasteiger partial charge in [0.15, 0.2) is 0 Å². The van der Waals surface area contributed by atoms with E-state index >= 15 is 0 Å². The molecule has 2 atom stereocenters. The molecule has 0 aromatic rings. The van der Waals surface area contributed by atoms with Crippen LogP contribution in [0.5, 0.6) is 0 Å². The fourth-order valence-corrected chi connectivity index (χ4v) is 1.37. The average molecular weight is 216 g/mol. The summed E-state index contributed by atoms with van der Waals surface area (Å²) in [7, 11) is 2.77. The summed E-state index contributed by atoms with van der Waals surface area (Å²) < 4.78 is 9.22. The van der Waals surface area contributed by atoms with Gasteiger partial charge in [-0.25, -0.2) is 0 Å². The van der Waals surface area contributed by atoms with Crippen LogP contribution in [0.4, 0.5) is 0 Å². The van der Waals surface area contributed by atoms with E-state index in [2.05, 4.69) is 9.47 Å². The van der Waals surface area contributed by atoms with Gasteiger partial charge in [-0.15, -0.1) is 0 Å². The maximum Gasteiger partial charge on any atom is 0.308 e. The van der Waals surface area contributed by atoms with Crippen molar-refractivity contribution in [2.45, 2.75) is 33.1 Å². The molecular weight excluding hydrogens is 196 g/mol. The van der Waals surface area contributed by atoms with Gasteiger partial charge in [-0.05, 0) is 12.8 Å². The molecule has 0 aliphatic carbocycles. The van der Waals surface area contributed by atoms with Crippen LogP contribution in [0.25, 0.3) is 0 Å². The molecular formula is C11H20O4. The summed E-state index contributed by atoms with van der Waals surface area (Å²) in [6.45, 7) is 3.66. The molecule has 4 heteroatoms. The van der Waals surface area contributed by atoms with Crippen LogP contribution in [0.15, 0.2) is 0 Å². The van der Waals surface area contributed by atoms with Crippen LogP contribution >= 0.6 is 0 Å². The first-order valence-corrected chi connectivity index (χ1v) is 5.18. The predicted octanol–water partition coefficient (Wildman–Crippen LogP) is 1.77. The molecule has 2 unspecified atom stereocenters. The molecule has 0 amide bonds. The fourth-order valence-electron chi connectivity index (χ4n) is 1.37. The van der Waals surface area contributed by atoms with Gasteiger partial charge < -0.3 is 9.47 Å². The van der Waals surface area contributed by atoms with Crippen molar-refractivity contribution in [2.75, 3.05) is 14.2 Å². The first kappa shape index (κ1) is 13.9. The number of esters is 2. The number of carbonyl (C=O) groups is 2. The third-order valence-corrected chi connectivity index (χ3v) is 2.48. The number of hydrogen-bond donors (Lipinski definition) is 0. The van der Waals surface area contributed by atoms with Crippen molar-refractivity contribution in [1.29, 1.82) is 0 Å². The molecule has 88 valence electrons. The highest BCUT2D eigenvalue weighted by molar-refractivity contribution is 5.72. The molecule has 0 aliphatic heterocycles. The van der Waals surface area contributed by atoms with Crippen LogP contribution in [0.1, 0.15) is 33.1 Å². The molecule has 0 radical (unpaired) electrons. The van der Waals surface area contributed by atoms with E-state index in [4.69, 9.17) is 0 Å². The molecule has 0 aliphatic rings. The van der Waals surface area contributed by atoms with Crippen molar-refractivity contribution < 1.29 is 19.1 Å². The minimum Gasteiger partial charge on any atom is -0.469 e. The zero-order chi connectivity index (χ0) is 11.8. The summed E-state index contributed by atoms with van der Waals surface area (Å²) in [6, 6.07) is 0. The van der Waals surface area contributed by atoms with Crippen molar-refractivity contribution in [3.05, 3.63) is 0 Å². The van der Waals surface area contributed by atoms with Gasteiger partial charge in [-0.1, -0.05) is 20.3 Å². The predicted molar refractivity (Wildman–Crippen MR) is 56.2 cm³/mol. The summed E-state index contributed by atoms with van der Waals surface area (Å²) in [4.78, 5) is 22.1. The van der Waals surface area contributed by atoms with Gasteiger partial charge in [-0.2, -0.15) is 0 Å². The normalized spacial score (nSPS) is 14.1. The SMILES string of the molecule is COC(=O)C(C)CCCC(C)C(=O)OC. The molecule has 0 aromatic carbocycles. The van der Waals surface area contributed by atoms with Gasteiger partial charge in [-0.3, -0.25) is 9.59 Å². The summed E-state index contributed by atoms with van der Waals surface area (Å²) in [5.41, 5.74) is 0. The highest BCUT2D eigenvalue weighted by Gasteiger charge is 2.16. The van der Waals surface area contributed by atoms with Crippen molar-refractivity contribution in [2.24, 2.45) is 11.8 Å². The zero-order valence-corrected chi connectivity index (χ0v) is 9.91. The molecule has 0 saturated heterocycles. The third-order valence-electron chi connectivity index (χ3n) is 2.48. The van der Waals surface area contributed by atoms with E-state index in [0.29, 0.717) is 0 Å². The minimum atomic E-state index is -0.194. The molecule has 4 nitrogen and oxygen atoms in total. The Hall–Kier alpha value is -1.06. The Morgan fingerprint density at radius 1 is 0.933 bits per heavy atom. The Labute approximate surface area is 90.9 Å². The van der Waals surface area contributed by atoms with Gasteiger partial charge in [0.2, 0.25) is 0 Å². The van der Waals surface area contributed by atoms with Crippen molar-refractivity contribution in [1.82, 2.24) is 0 Å². The summed E-state index contributed by atoms with van der Waals surface area (Å²) in [6.07, 6.45) is 2.31. The van der Waals surface area contributed by atoms with Crippen LogP contribution in [0.2, 0.25) is 0 Å². The lowest BCUT2D eigenvalue weighted by atomic mass is 9.99. The number of methoxy groups -OCH3 is 2. The smallest absolute Gasteiger partial charge is 0.308 e. The Kier molecular flexibility index (Phi) is 6.75. The maximum atomic E-state index is 11.1. The summed E-state index contributed by atoms with van der Waals surface area (Å²) in [5.74, 6) is -0.582. The van der Waals surface area contributed by atoms with Gasteiger partial charge in [0, 0.05) is 0 Å². The standard InChI is InChI=1S/C11H20O4/c1-8(10(12)14-3)6-5-7-9(2)11(13)15-4/h8-9H,5-7H2,1-4H3. The van der Waals surface area contributed by atoms with Gasteiger partial charge in [0.05, 0.1) is 26.1 Å². The molecule has 0 heterocycles. The number of rotatable bonds is 6. The topological polar surface area (TPSA) is 52.6 Å². The molecule has 0 aromatic heterocycles. The Bertz CT molecular complexity index is 191. The molecule has 0 rings (SSSR count). The Morgan fingerprint density at radius 3 is 1.53 bits per heavy atom. The maximum absolute atomic E-state index is 11.1. The second kappa shape index (κ2) is 7.26. The average Bonchev–Trinajstić information content (AvgIpc) is 2.26. The van der Waals surface area contributed by atoms with E-state index < -0.39 is 0 Å². The molecule has 15 heavy (non-hydrogen) atoms. The summed E-state index contributed by atoms with van der Waals surface area (Å²) in [5, 5.41) is 0. The molecule has 0 N–H and O–H groups in total. The molecule has 0 saturated carbocycles. The number of hydrogen-bond acceptors (Lipinski definition) is 4. The van der Waals surface area contributed by atoms with Gasteiger partial charge >= 0.3 is 11.9 Å². The first-order valence-electron chi connectivity index (χ1n) is 5.18. The summed E-state index contributed by atoms with van der Waals surface area (Å²) >= 11 is 0. The van der Waals surface area contributed by atoms with Crippen LogP contribution in [0, 0.1) is 11.8 Å². The van der Waals surface area contributed by atoms with Crippen LogP contribution < -0.4 is 0 Å². The Balaban J connectivity index is 3.70. The molecule has 0 spiro atoms. The quantitative estimate of drug-likeness (QED) is 0.635. The fraction of sp³-hybridized carbons (Fsp3) is 0.818. The number of carbonyl (C=O) groups excluding carboxylic acids is 2.